The van der Waals surface area contributed by atoms with E-state index in [1.54, 1.807) is 20.8 Å². The SMILES string of the molecule is CCC(=O)NC(NC(=S)NCc1cc2ccccc2nc1Cl)(C(=O)OC)C(C)C. The Morgan fingerprint density at radius 2 is 1.97 bits per heavy atom. The van der Waals surface area contributed by atoms with Gasteiger partial charge in [0.1, 0.15) is 5.15 Å². The molecule has 3 N–H and O–H groups in total. The maximum atomic E-state index is 12.5. The summed E-state index contributed by atoms with van der Waals surface area (Å²) >= 11 is 11.7. The van der Waals surface area contributed by atoms with Gasteiger partial charge >= 0.3 is 5.97 Å². The number of amides is 1. The van der Waals surface area contributed by atoms with E-state index in [0.29, 0.717) is 11.7 Å². The van der Waals surface area contributed by atoms with Crippen molar-refractivity contribution in [3.05, 3.63) is 41.0 Å². The average Bonchev–Trinajstić information content (AvgIpc) is 2.70. The fourth-order valence-corrected chi connectivity index (χ4v) is 3.23. The van der Waals surface area contributed by atoms with Gasteiger partial charge in [0, 0.05) is 29.8 Å². The molecular formula is C20H25ClN4O3S. The minimum Gasteiger partial charge on any atom is -0.466 e. The molecule has 2 rings (SSSR count). The topological polar surface area (TPSA) is 92.4 Å². The molecule has 0 aliphatic heterocycles. The summed E-state index contributed by atoms with van der Waals surface area (Å²) in [5.41, 5.74) is 0.0613. The molecule has 0 aliphatic rings. The molecular weight excluding hydrogens is 412 g/mol. The first-order valence-electron chi connectivity index (χ1n) is 9.23. The Morgan fingerprint density at radius 1 is 1.28 bits per heavy atom. The summed E-state index contributed by atoms with van der Waals surface area (Å²) in [6.07, 6.45) is 0.214. The van der Waals surface area contributed by atoms with Crippen molar-refractivity contribution in [2.24, 2.45) is 5.92 Å². The Balaban J connectivity index is 2.18. The molecule has 0 saturated carbocycles. The third-order valence-corrected chi connectivity index (χ3v) is 5.10. The molecule has 1 heterocycles. The number of para-hydroxylation sites is 1. The number of nitrogens with one attached hydrogen (secondary N) is 3. The van der Waals surface area contributed by atoms with Crippen LogP contribution >= 0.6 is 23.8 Å². The van der Waals surface area contributed by atoms with Crippen molar-refractivity contribution in [1.29, 1.82) is 0 Å². The number of carbonyl (C=O) groups is 2. The largest absolute Gasteiger partial charge is 0.466 e. The van der Waals surface area contributed by atoms with Crippen LogP contribution in [0.25, 0.3) is 10.9 Å². The lowest BCUT2D eigenvalue weighted by molar-refractivity contribution is -0.154. The van der Waals surface area contributed by atoms with Gasteiger partial charge in [0.25, 0.3) is 0 Å². The molecule has 1 aromatic carbocycles. The van der Waals surface area contributed by atoms with Crippen LogP contribution in [0.4, 0.5) is 0 Å². The van der Waals surface area contributed by atoms with Gasteiger partial charge in [-0.3, -0.25) is 4.79 Å². The molecule has 7 nitrogen and oxygen atoms in total. The van der Waals surface area contributed by atoms with Crippen LogP contribution < -0.4 is 16.0 Å². The number of hydrogen-bond acceptors (Lipinski definition) is 5. The van der Waals surface area contributed by atoms with Crippen LogP contribution in [0.1, 0.15) is 32.8 Å². The van der Waals surface area contributed by atoms with Crippen molar-refractivity contribution >= 4 is 51.7 Å². The first-order chi connectivity index (χ1) is 13.7. The van der Waals surface area contributed by atoms with Crippen LogP contribution in [0.15, 0.2) is 30.3 Å². The summed E-state index contributed by atoms with van der Waals surface area (Å²) in [6.45, 7) is 5.56. The van der Waals surface area contributed by atoms with Gasteiger partial charge in [-0.2, -0.15) is 0 Å². The lowest BCUT2D eigenvalue weighted by Crippen LogP contribution is -2.70. The number of carbonyl (C=O) groups excluding carboxylic acids is 2. The van der Waals surface area contributed by atoms with Crippen molar-refractivity contribution in [1.82, 2.24) is 20.9 Å². The van der Waals surface area contributed by atoms with Crippen molar-refractivity contribution in [3.63, 3.8) is 0 Å². The fraction of sp³-hybridized carbons (Fsp3) is 0.400. The summed E-state index contributed by atoms with van der Waals surface area (Å²) < 4.78 is 4.92. The first kappa shape index (κ1) is 22.8. The van der Waals surface area contributed by atoms with Gasteiger partial charge in [0.15, 0.2) is 5.11 Å². The van der Waals surface area contributed by atoms with Crippen LogP contribution in [0, 0.1) is 5.92 Å². The van der Waals surface area contributed by atoms with Crippen molar-refractivity contribution in [2.75, 3.05) is 7.11 Å². The van der Waals surface area contributed by atoms with Gasteiger partial charge in [0.2, 0.25) is 11.6 Å². The van der Waals surface area contributed by atoms with Gasteiger partial charge < -0.3 is 20.7 Å². The average molecular weight is 437 g/mol. The van der Waals surface area contributed by atoms with E-state index in [9.17, 15) is 9.59 Å². The second-order valence-electron chi connectivity index (χ2n) is 6.79. The Bertz CT molecular complexity index is 922. The van der Waals surface area contributed by atoms with Crippen LogP contribution in [-0.4, -0.2) is 34.7 Å². The molecule has 2 aromatic rings. The zero-order chi connectivity index (χ0) is 21.6. The predicted octanol–water partition coefficient (Wildman–Crippen LogP) is 2.90. The van der Waals surface area contributed by atoms with E-state index in [0.717, 1.165) is 16.5 Å². The quantitative estimate of drug-likeness (QED) is 0.266. The zero-order valence-corrected chi connectivity index (χ0v) is 18.4. The van der Waals surface area contributed by atoms with Gasteiger partial charge in [-0.1, -0.05) is 50.6 Å². The second kappa shape index (κ2) is 9.84. The Kier molecular flexibility index (Phi) is 7.75. The summed E-state index contributed by atoms with van der Waals surface area (Å²) in [7, 11) is 1.26. The minimum atomic E-state index is -1.49. The van der Waals surface area contributed by atoms with Gasteiger partial charge in [0.05, 0.1) is 12.6 Å². The first-order valence-corrected chi connectivity index (χ1v) is 10.0. The molecule has 0 bridgehead atoms. The number of rotatable bonds is 7. The van der Waals surface area contributed by atoms with Crippen molar-refractivity contribution in [2.45, 2.75) is 39.4 Å². The number of hydrogen-bond donors (Lipinski definition) is 3. The number of pyridine rings is 1. The number of methoxy groups -OCH3 is 1. The molecule has 29 heavy (non-hydrogen) atoms. The number of fused-ring (bicyclic) bond motifs is 1. The normalized spacial score (nSPS) is 12.9. The molecule has 1 aromatic heterocycles. The van der Waals surface area contributed by atoms with Gasteiger partial charge in [-0.15, -0.1) is 0 Å². The van der Waals surface area contributed by atoms with Crippen LogP contribution in [-0.2, 0) is 20.9 Å². The van der Waals surface area contributed by atoms with E-state index in [1.807, 2.05) is 30.3 Å². The Labute approximate surface area is 180 Å². The van der Waals surface area contributed by atoms with Crippen LogP contribution in [0.3, 0.4) is 0 Å². The number of halogens is 1. The standard InChI is InChI=1S/C20H25ClN4O3S/c1-5-16(26)24-20(12(2)3,18(27)28-4)25-19(29)22-11-14-10-13-8-6-7-9-15(13)23-17(14)21/h6-10,12H,5,11H2,1-4H3,(H,24,26)(H2,22,25,29). The smallest absolute Gasteiger partial charge is 0.352 e. The third kappa shape index (κ3) is 5.33. The molecule has 9 heteroatoms. The molecule has 156 valence electrons. The Morgan fingerprint density at radius 3 is 2.59 bits per heavy atom. The Hall–Kier alpha value is -2.45. The maximum Gasteiger partial charge on any atom is 0.352 e. The van der Waals surface area contributed by atoms with Crippen molar-refractivity contribution in [3.8, 4) is 0 Å². The van der Waals surface area contributed by atoms with Gasteiger partial charge in [-0.05, 0) is 24.4 Å². The summed E-state index contributed by atoms with van der Waals surface area (Å²) in [6, 6.07) is 9.57. The van der Waals surface area contributed by atoms with E-state index in [-0.39, 0.29) is 23.4 Å². The van der Waals surface area contributed by atoms with E-state index >= 15 is 0 Å². The zero-order valence-electron chi connectivity index (χ0n) is 16.8. The summed E-state index contributed by atoms with van der Waals surface area (Å²) in [5.74, 6) is -1.28. The maximum absolute atomic E-state index is 12.5. The second-order valence-corrected chi connectivity index (χ2v) is 7.56. The lowest BCUT2D eigenvalue weighted by Gasteiger charge is -2.37. The monoisotopic (exact) mass is 436 g/mol. The van der Waals surface area contributed by atoms with Crippen molar-refractivity contribution < 1.29 is 14.3 Å². The predicted molar refractivity (Wildman–Crippen MR) is 117 cm³/mol. The fourth-order valence-electron chi connectivity index (χ4n) is 2.79. The molecule has 1 unspecified atom stereocenters. The third-order valence-electron chi connectivity index (χ3n) is 4.53. The van der Waals surface area contributed by atoms with E-state index in [2.05, 4.69) is 20.9 Å². The number of ether oxygens (including phenoxy) is 1. The number of esters is 1. The molecule has 1 atom stereocenters. The molecule has 0 saturated heterocycles. The number of thiocarbonyl (C=S) groups is 1. The molecule has 0 radical (unpaired) electrons. The number of benzene rings is 1. The van der Waals surface area contributed by atoms with Crippen LogP contribution in [0.5, 0.6) is 0 Å². The minimum absolute atomic E-state index is 0.171. The molecule has 1 amide bonds. The highest BCUT2D eigenvalue weighted by molar-refractivity contribution is 7.80. The lowest BCUT2D eigenvalue weighted by atomic mass is 9.95. The van der Waals surface area contributed by atoms with E-state index < -0.39 is 11.6 Å². The number of aromatic nitrogens is 1. The highest BCUT2D eigenvalue weighted by Gasteiger charge is 2.45. The summed E-state index contributed by atoms with van der Waals surface area (Å²) in [4.78, 5) is 28.9. The highest BCUT2D eigenvalue weighted by Crippen LogP contribution is 2.21. The molecule has 0 fully saturated rings. The highest BCUT2D eigenvalue weighted by atomic mass is 35.5. The number of nitrogens with zero attached hydrogens (tertiary/aromatic N) is 1. The molecule has 0 spiro atoms. The molecule has 0 aliphatic carbocycles. The van der Waals surface area contributed by atoms with Crippen LogP contribution in [0.2, 0.25) is 5.15 Å². The van der Waals surface area contributed by atoms with E-state index in [1.165, 1.54) is 7.11 Å². The van der Waals surface area contributed by atoms with Gasteiger partial charge in [-0.25, -0.2) is 9.78 Å². The summed E-state index contributed by atoms with van der Waals surface area (Å²) in [5, 5.41) is 10.1. The van der Waals surface area contributed by atoms with E-state index in [4.69, 9.17) is 28.6 Å².